The minimum absolute atomic E-state index is 0.0410. The number of hydrogen-bond acceptors (Lipinski definition) is 4. The van der Waals surface area contributed by atoms with Crippen molar-refractivity contribution in [1.29, 1.82) is 0 Å². The summed E-state index contributed by atoms with van der Waals surface area (Å²) in [6, 6.07) is 0. The number of β-lactam (4-membered cyclic amide) rings is 1. The summed E-state index contributed by atoms with van der Waals surface area (Å²) in [6.07, 6.45) is 2.57. The number of thioether (sulfide) groups is 1. The van der Waals surface area contributed by atoms with Crippen LogP contribution in [0.1, 0.15) is 26.2 Å². The zero-order valence-corrected chi connectivity index (χ0v) is 9.88. The average molecular weight is 239 g/mol. The summed E-state index contributed by atoms with van der Waals surface area (Å²) in [5.74, 6) is 0.557. The van der Waals surface area contributed by atoms with Crippen LogP contribution in [0.3, 0.4) is 0 Å². The fraction of sp³-hybridized carbons (Fsp3) is 0.636. The number of amides is 1. The molecule has 2 heterocycles. The maximum Gasteiger partial charge on any atom is 0.355 e. The van der Waals surface area contributed by atoms with Crippen LogP contribution in [0.2, 0.25) is 0 Å². The molecule has 1 amide bonds. The van der Waals surface area contributed by atoms with Crippen molar-refractivity contribution in [2.75, 3.05) is 5.75 Å². The Morgan fingerprint density at radius 2 is 2.25 bits per heavy atom. The Hall–Kier alpha value is -0.970. The van der Waals surface area contributed by atoms with Gasteiger partial charge in [0.2, 0.25) is 5.91 Å². The lowest BCUT2D eigenvalue weighted by Crippen LogP contribution is -2.54. The lowest BCUT2D eigenvalue weighted by molar-refractivity contribution is -0.150. The van der Waals surface area contributed by atoms with Crippen molar-refractivity contribution in [2.45, 2.75) is 37.7 Å². The highest BCUT2D eigenvalue weighted by Gasteiger charge is 2.45. The number of carbonyl (C=O) groups excluding carboxylic acids is 2. The van der Waals surface area contributed by atoms with E-state index in [0.29, 0.717) is 12.1 Å². The van der Waals surface area contributed by atoms with E-state index in [4.69, 9.17) is 4.74 Å². The minimum atomic E-state index is -0.307. The van der Waals surface area contributed by atoms with Crippen LogP contribution in [0.25, 0.3) is 0 Å². The molecule has 0 aromatic rings. The van der Waals surface area contributed by atoms with Crippen molar-refractivity contribution < 1.29 is 14.3 Å². The number of rotatable bonds is 2. The summed E-state index contributed by atoms with van der Waals surface area (Å²) in [6.45, 7) is 1.90. The van der Waals surface area contributed by atoms with E-state index in [1.165, 1.54) is 0 Å². The normalized spacial score (nSPS) is 28.7. The molecule has 86 valence electrons. The second-order valence-corrected chi connectivity index (χ2v) is 5.63. The maximum absolute atomic E-state index is 11.9. The number of esters is 1. The Bertz CT molecular complexity index is 400. The average Bonchev–Trinajstić information content (AvgIpc) is 3.02. The molecular weight excluding hydrogens is 226 g/mol. The molecule has 0 aromatic heterocycles. The largest absolute Gasteiger partial charge is 0.458 e. The van der Waals surface area contributed by atoms with Crippen molar-refractivity contribution >= 4 is 23.6 Å². The first kappa shape index (κ1) is 10.2. The number of nitrogens with zero attached hydrogens (tertiary/aromatic N) is 1. The molecule has 3 aliphatic rings. The van der Waals surface area contributed by atoms with Gasteiger partial charge in [0.25, 0.3) is 0 Å². The van der Waals surface area contributed by atoms with Crippen LogP contribution in [0, 0.1) is 0 Å². The molecule has 5 heteroatoms. The van der Waals surface area contributed by atoms with Crippen molar-refractivity contribution in [3.63, 3.8) is 0 Å². The molecule has 0 aromatic carbocycles. The van der Waals surface area contributed by atoms with Crippen molar-refractivity contribution in [3.8, 4) is 0 Å². The van der Waals surface area contributed by atoms with Gasteiger partial charge in [0.15, 0.2) is 0 Å². The summed E-state index contributed by atoms with van der Waals surface area (Å²) >= 11 is 1.72. The van der Waals surface area contributed by atoms with E-state index in [1.54, 1.807) is 16.7 Å². The minimum Gasteiger partial charge on any atom is -0.458 e. The molecule has 1 aliphatic carbocycles. The van der Waals surface area contributed by atoms with Gasteiger partial charge in [-0.2, -0.15) is 0 Å². The monoisotopic (exact) mass is 239 g/mol. The summed E-state index contributed by atoms with van der Waals surface area (Å²) in [4.78, 5) is 25.0. The van der Waals surface area contributed by atoms with Crippen molar-refractivity contribution in [3.05, 3.63) is 11.3 Å². The number of fused-ring (bicyclic) bond motifs is 1. The molecule has 4 nitrogen and oxygen atoms in total. The van der Waals surface area contributed by atoms with Gasteiger partial charge in [-0.05, 0) is 25.3 Å². The highest BCUT2D eigenvalue weighted by atomic mass is 32.2. The highest BCUT2D eigenvalue weighted by Crippen LogP contribution is 2.40. The van der Waals surface area contributed by atoms with Gasteiger partial charge in [0, 0.05) is 5.75 Å². The van der Waals surface area contributed by atoms with Crippen LogP contribution in [-0.4, -0.2) is 34.0 Å². The third-order valence-corrected chi connectivity index (χ3v) is 4.40. The number of carbonyl (C=O) groups is 2. The molecule has 16 heavy (non-hydrogen) atoms. The highest BCUT2D eigenvalue weighted by molar-refractivity contribution is 8.00. The van der Waals surface area contributed by atoms with Gasteiger partial charge < -0.3 is 4.74 Å². The number of ether oxygens (including phenoxy) is 1. The molecule has 1 saturated heterocycles. The van der Waals surface area contributed by atoms with Gasteiger partial charge in [0.1, 0.15) is 11.8 Å². The van der Waals surface area contributed by atoms with Gasteiger partial charge in [-0.15, -0.1) is 11.8 Å². The van der Waals surface area contributed by atoms with Crippen molar-refractivity contribution in [1.82, 2.24) is 4.90 Å². The third kappa shape index (κ3) is 1.54. The summed E-state index contributed by atoms with van der Waals surface area (Å²) in [5.41, 5.74) is 1.46. The van der Waals surface area contributed by atoms with E-state index in [9.17, 15) is 9.59 Å². The standard InChI is InChI=1S/C11H13NO3S/c1-6-5-16-9-4-8(13)12(9)10(6)11(14)15-7-2-3-7/h7,9H,2-5H2,1H3/t9-/m0/s1. The number of hydrogen-bond donors (Lipinski definition) is 0. The summed E-state index contributed by atoms with van der Waals surface area (Å²) in [7, 11) is 0. The molecule has 2 aliphatic heterocycles. The van der Waals surface area contributed by atoms with Crippen LogP contribution < -0.4 is 0 Å². The first-order valence-corrected chi connectivity index (χ1v) is 6.56. The maximum atomic E-state index is 11.9. The van der Waals surface area contributed by atoms with E-state index in [1.807, 2.05) is 6.92 Å². The van der Waals surface area contributed by atoms with Crippen LogP contribution >= 0.6 is 11.8 Å². The Morgan fingerprint density at radius 3 is 2.88 bits per heavy atom. The molecule has 3 rings (SSSR count). The molecule has 0 radical (unpaired) electrons. The predicted octanol–water partition coefficient (Wildman–Crippen LogP) is 1.27. The Labute approximate surface area is 98.0 Å². The van der Waals surface area contributed by atoms with Crippen LogP contribution in [-0.2, 0) is 14.3 Å². The second-order valence-electron chi connectivity index (χ2n) is 4.47. The molecule has 1 saturated carbocycles. The Kier molecular flexibility index (Phi) is 2.24. The third-order valence-electron chi connectivity index (χ3n) is 3.03. The lowest BCUT2D eigenvalue weighted by Gasteiger charge is -2.43. The Balaban J connectivity index is 1.83. The first-order valence-electron chi connectivity index (χ1n) is 5.51. The predicted molar refractivity (Wildman–Crippen MR) is 59.5 cm³/mol. The van der Waals surface area contributed by atoms with Crippen LogP contribution in [0.15, 0.2) is 11.3 Å². The summed E-state index contributed by atoms with van der Waals surface area (Å²) < 4.78 is 5.27. The van der Waals surface area contributed by atoms with E-state index < -0.39 is 0 Å². The smallest absolute Gasteiger partial charge is 0.355 e. The van der Waals surface area contributed by atoms with Gasteiger partial charge in [0.05, 0.1) is 11.8 Å². The van der Waals surface area contributed by atoms with Gasteiger partial charge in [-0.25, -0.2) is 4.79 Å². The lowest BCUT2D eigenvalue weighted by atomic mass is 10.1. The zero-order valence-electron chi connectivity index (χ0n) is 9.06. The molecule has 0 spiro atoms. The second kappa shape index (κ2) is 3.52. The molecule has 0 N–H and O–H groups in total. The first-order chi connectivity index (χ1) is 7.66. The topological polar surface area (TPSA) is 46.6 Å². The fourth-order valence-corrected chi connectivity index (χ4v) is 3.16. The molecular formula is C11H13NO3S. The molecule has 1 atom stereocenters. The Morgan fingerprint density at radius 1 is 1.50 bits per heavy atom. The zero-order chi connectivity index (χ0) is 11.3. The SMILES string of the molecule is CC1=C(C(=O)OC2CC2)N2C(=O)C[C@@H]2SC1. The van der Waals surface area contributed by atoms with Gasteiger partial charge in [-0.1, -0.05) is 0 Å². The van der Waals surface area contributed by atoms with E-state index in [2.05, 4.69) is 0 Å². The van der Waals surface area contributed by atoms with Crippen LogP contribution in [0.4, 0.5) is 0 Å². The van der Waals surface area contributed by atoms with Crippen LogP contribution in [0.5, 0.6) is 0 Å². The van der Waals surface area contributed by atoms with Gasteiger partial charge in [-0.3, -0.25) is 9.69 Å². The van der Waals surface area contributed by atoms with Gasteiger partial charge >= 0.3 is 5.97 Å². The van der Waals surface area contributed by atoms with E-state index in [-0.39, 0.29) is 23.4 Å². The summed E-state index contributed by atoms with van der Waals surface area (Å²) in [5, 5.41) is 0.165. The quantitative estimate of drug-likeness (QED) is 0.538. The van der Waals surface area contributed by atoms with Crippen molar-refractivity contribution in [2.24, 2.45) is 0 Å². The van der Waals surface area contributed by atoms with E-state index in [0.717, 1.165) is 24.2 Å². The fourth-order valence-electron chi connectivity index (χ4n) is 1.95. The van der Waals surface area contributed by atoms with E-state index >= 15 is 0 Å². The molecule has 0 bridgehead atoms. The molecule has 2 fully saturated rings. The molecule has 0 unspecified atom stereocenters.